The molecule has 0 bridgehead atoms. The van der Waals surface area contributed by atoms with E-state index in [9.17, 15) is 0 Å². The molecule has 0 saturated carbocycles. The van der Waals surface area contributed by atoms with E-state index in [0.29, 0.717) is 0 Å². The van der Waals surface area contributed by atoms with Gasteiger partial charge >= 0.3 is 5.82 Å². The number of nitrogens with zero attached hydrogens (tertiary/aromatic N) is 3. The summed E-state index contributed by atoms with van der Waals surface area (Å²) in [4.78, 5) is 4.79. The molecule has 0 spiro atoms. The summed E-state index contributed by atoms with van der Waals surface area (Å²) in [7, 11) is 2.09. The second kappa shape index (κ2) is 6.34. The first-order chi connectivity index (χ1) is 12.6. The molecule has 4 aromatic rings. The lowest BCUT2D eigenvalue weighted by atomic mass is 10.0. The summed E-state index contributed by atoms with van der Waals surface area (Å²) in [5, 5.41) is 1.15. The Hall–Kier alpha value is -3.07. The first-order valence-electron chi connectivity index (χ1n) is 8.89. The Balaban J connectivity index is 1.99. The summed E-state index contributed by atoms with van der Waals surface area (Å²) in [5.41, 5.74) is 7.23. The molecule has 2 heterocycles. The zero-order valence-electron chi connectivity index (χ0n) is 15.7. The summed E-state index contributed by atoms with van der Waals surface area (Å²) in [6, 6.07) is 19.1. The molecule has 0 fully saturated rings. The number of aromatic nitrogens is 3. The van der Waals surface area contributed by atoms with Crippen molar-refractivity contribution < 1.29 is 9.13 Å². The highest BCUT2D eigenvalue weighted by Crippen LogP contribution is 2.25. The standard InChI is InChI=1S/C23H23N3/c1-16-13-20(18(3)22(14-16)26-12-8-7-9-17(26)2)23-24-15-19-10-5-6-11-21(19)25(23)4/h5-15H,1-4H3/q+2. The number of fused-ring (bicyclic) bond motifs is 1. The zero-order valence-corrected chi connectivity index (χ0v) is 15.7. The van der Waals surface area contributed by atoms with Crippen molar-refractivity contribution in [2.45, 2.75) is 20.8 Å². The lowest BCUT2D eigenvalue weighted by Gasteiger charge is -2.09. The van der Waals surface area contributed by atoms with Crippen LogP contribution in [0.2, 0.25) is 0 Å². The average molecular weight is 341 g/mol. The molecule has 2 aromatic carbocycles. The van der Waals surface area contributed by atoms with Gasteiger partial charge in [0.1, 0.15) is 5.52 Å². The van der Waals surface area contributed by atoms with Crippen LogP contribution >= 0.6 is 0 Å². The Bertz CT molecular complexity index is 1130. The SMILES string of the molecule is Cc1cc(-c2ncc3ccccc3[n+]2C)c(C)c(-[n+]2ccccc2C)c1. The van der Waals surface area contributed by atoms with Gasteiger partial charge in [-0.1, -0.05) is 18.2 Å². The molecule has 0 radical (unpaired) electrons. The van der Waals surface area contributed by atoms with E-state index in [1.807, 2.05) is 6.20 Å². The fraction of sp³-hybridized carbons (Fsp3) is 0.174. The molecule has 0 unspecified atom stereocenters. The molecule has 0 aliphatic carbocycles. The Morgan fingerprint density at radius 2 is 1.65 bits per heavy atom. The van der Waals surface area contributed by atoms with Crippen LogP contribution in [0.15, 0.2) is 67.0 Å². The third kappa shape index (κ3) is 2.66. The van der Waals surface area contributed by atoms with Gasteiger partial charge in [0, 0.05) is 30.7 Å². The minimum Gasteiger partial charge on any atom is -0.226 e. The van der Waals surface area contributed by atoms with Gasteiger partial charge in [0.2, 0.25) is 5.69 Å². The van der Waals surface area contributed by atoms with Crippen molar-refractivity contribution in [2.24, 2.45) is 7.05 Å². The van der Waals surface area contributed by atoms with Gasteiger partial charge in [-0.3, -0.25) is 0 Å². The summed E-state index contributed by atoms with van der Waals surface area (Å²) in [6.07, 6.45) is 4.09. The Kier molecular flexibility index (Phi) is 4.00. The van der Waals surface area contributed by atoms with Crippen LogP contribution in [0, 0.1) is 20.8 Å². The second-order valence-electron chi connectivity index (χ2n) is 6.87. The van der Waals surface area contributed by atoms with Crippen LogP contribution in [0.3, 0.4) is 0 Å². The van der Waals surface area contributed by atoms with Crippen LogP contribution in [-0.2, 0) is 7.05 Å². The van der Waals surface area contributed by atoms with Crippen LogP contribution in [-0.4, -0.2) is 4.98 Å². The van der Waals surface area contributed by atoms with E-state index in [0.717, 1.165) is 11.2 Å². The highest BCUT2D eigenvalue weighted by molar-refractivity contribution is 5.76. The number of rotatable bonds is 2. The minimum atomic E-state index is 0.986. The third-order valence-corrected chi connectivity index (χ3v) is 5.03. The van der Waals surface area contributed by atoms with Gasteiger partial charge in [0.25, 0.3) is 0 Å². The first kappa shape index (κ1) is 16.4. The van der Waals surface area contributed by atoms with Gasteiger partial charge in [0.05, 0.1) is 18.0 Å². The van der Waals surface area contributed by atoms with E-state index < -0.39 is 0 Å². The predicted octanol–water partition coefficient (Wildman–Crippen LogP) is 3.93. The molecule has 2 aromatic heterocycles. The van der Waals surface area contributed by atoms with Crippen LogP contribution in [0.5, 0.6) is 0 Å². The maximum absolute atomic E-state index is 4.79. The van der Waals surface area contributed by atoms with Crippen molar-refractivity contribution in [3.63, 3.8) is 0 Å². The molecule has 26 heavy (non-hydrogen) atoms. The quantitative estimate of drug-likeness (QED) is 0.506. The summed E-state index contributed by atoms with van der Waals surface area (Å²) < 4.78 is 4.43. The minimum absolute atomic E-state index is 0.986. The molecule has 0 N–H and O–H groups in total. The van der Waals surface area contributed by atoms with E-state index in [1.54, 1.807) is 0 Å². The van der Waals surface area contributed by atoms with Crippen molar-refractivity contribution in [3.05, 3.63) is 83.8 Å². The van der Waals surface area contributed by atoms with Crippen LogP contribution in [0.4, 0.5) is 0 Å². The topological polar surface area (TPSA) is 20.6 Å². The van der Waals surface area contributed by atoms with E-state index in [-0.39, 0.29) is 0 Å². The largest absolute Gasteiger partial charge is 0.330 e. The fourth-order valence-electron chi connectivity index (χ4n) is 3.60. The number of aryl methyl sites for hydroxylation is 3. The molecule has 0 amide bonds. The van der Waals surface area contributed by atoms with Crippen molar-refractivity contribution in [3.8, 4) is 17.1 Å². The molecule has 128 valence electrons. The fourth-order valence-corrected chi connectivity index (χ4v) is 3.60. The highest BCUT2D eigenvalue weighted by Gasteiger charge is 2.23. The number of hydrogen-bond acceptors (Lipinski definition) is 1. The molecular formula is C23H23N3+2. The number of para-hydroxylation sites is 1. The van der Waals surface area contributed by atoms with Crippen molar-refractivity contribution in [1.82, 2.24) is 4.98 Å². The van der Waals surface area contributed by atoms with E-state index >= 15 is 0 Å². The summed E-state index contributed by atoms with van der Waals surface area (Å²) in [6.45, 7) is 6.46. The highest BCUT2D eigenvalue weighted by atomic mass is 15.0. The number of benzene rings is 2. The maximum Gasteiger partial charge on any atom is 0.330 e. The first-order valence-corrected chi connectivity index (χ1v) is 8.89. The van der Waals surface area contributed by atoms with Crippen LogP contribution in [0.1, 0.15) is 16.8 Å². The van der Waals surface area contributed by atoms with Gasteiger partial charge in [-0.2, -0.15) is 4.57 Å². The number of hydrogen-bond donors (Lipinski definition) is 0. The van der Waals surface area contributed by atoms with Gasteiger partial charge in [-0.05, 0) is 42.6 Å². The van der Waals surface area contributed by atoms with Gasteiger partial charge in [-0.15, -0.1) is 0 Å². The Morgan fingerprint density at radius 1 is 0.885 bits per heavy atom. The van der Waals surface area contributed by atoms with Crippen molar-refractivity contribution >= 4 is 10.9 Å². The monoisotopic (exact) mass is 341 g/mol. The molecular weight excluding hydrogens is 318 g/mol. The second-order valence-corrected chi connectivity index (χ2v) is 6.87. The van der Waals surface area contributed by atoms with Gasteiger partial charge in [0.15, 0.2) is 18.1 Å². The van der Waals surface area contributed by atoms with E-state index in [2.05, 4.69) is 97.7 Å². The lowest BCUT2D eigenvalue weighted by molar-refractivity contribution is -0.636. The normalized spacial score (nSPS) is 11.1. The van der Waals surface area contributed by atoms with Crippen molar-refractivity contribution in [2.75, 3.05) is 0 Å². The molecule has 3 heteroatoms. The maximum atomic E-state index is 4.79. The predicted molar refractivity (Wildman–Crippen MR) is 104 cm³/mol. The van der Waals surface area contributed by atoms with Gasteiger partial charge in [-0.25, -0.2) is 4.57 Å². The van der Waals surface area contributed by atoms with Gasteiger partial charge < -0.3 is 0 Å². The third-order valence-electron chi connectivity index (χ3n) is 5.03. The Labute approximate surface area is 154 Å². The molecule has 0 saturated heterocycles. The average Bonchev–Trinajstić information content (AvgIpc) is 2.65. The molecule has 0 aliphatic heterocycles. The van der Waals surface area contributed by atoms with Crippen LogP contribution < -0.4 is 9.13 Å². The molecule has 4 rings (SSSR count). The lowest BCUT2D eigenvalue weighted by Crippen LogP contribution is -2.36. The van der Waals surface area contributed by atoms with E-state index in [1.165, 1.54) is 33.6 Å². The number of pyridine rings is 1. The zero-order chi connectivity index (χ0) is 18.3. The molecule has 0 atom stereocenters. The smallest absolute Gasteiger partial charge is 0.226 e. The summed E-state index contributed by atoms with van der Waals surface area (Å²) in [5.74, 6) is 0.986. The van der Waals surface area contributed by atoms with Crippen LogP contribution in [0.25, 0.3) is 28.0 Å². The van der Waals surface area contributed by atoms with E-state index in [4.69, 9.17) is 4.98 Å². The molecule has 3 nitrogen and oxygen atoms in total. The summed E-state index contributed by atoms with van der Waals surface area (Å²) >= 11 is 0. The Morgan fingerprint density at radius 3 is 2.46 bits per heavy atom. The van der Waals surface area contributed by atoms with Crippen molar-refractivity contribution in [1.29, 1.82) is 0 Å². The molecule has 0 aliphatic rings.